The zero-order chi connectivity index (χ0) is 5.98. The molecule has 0 amide bonds. The number of alkyl halides is 1. The summed E-state index contributed by atoms with van der Waals surface area (Å²) in [5.41, 5.74) is 2.46. The summed E-state index contributed by atoms with van der Waals surface area (Å²) in [6.45, 7) is 2.05. The lowest BCUT2D eigenvalue weighted by Gasteiger charge is -1.83. The van der Waals surface area contributed by atoms with E-state index in [0.29, 0.717) is 0 Å². The van der Waals surface area contributed by atoms with E-state index in [1.807, 2.05) is 6.92 Å². The predicted octanol–water partition coefficient (Wildman–Crippen LogP) is 2.22. The van der Waals surface area contributed by atoms with E-state index in [1.165, 1.54) is 11.4 Å². The van der Waals surface area contributed by atoms with Gasteiger partial charge in [0, 0.05) is 16.7 Å². The average molecular weight is 174 g/mol. The second-order valence-corrected chi connectivity index (χ2v) is 2.36. The van der Waals surface area contributed by atoms with E-state index in [-0.39, 0.29) is 0 Å². The Morgan fingerprint density at radius 3 is 2.62 bits per heavy atom. The van der Waals surface area contributed by atoms with Crippen LogP contribution in [0.3, 0.4) is 0 Å². The summed E-state index contributed by atoms with van der Waals surface area (Å²) >= 11 is 3.34. The molecular weight excluding hydrogens is 166 g/mol. The first-order valence-electron chi connectivity index (χ1n) is 2.53. The van der Waals surface area contributed by atoms with E-state index in [4.69, 9.17) is 0 Å². The number of aromatic amines is 1. The summed E-state index contributed by atoms with van der Waals surface area (Å²) in [6.07, 6.45) is 0. The number of rotatable bonds is 1. The van der Waals surface area contributed by atoms with Gasteiger partial charge in [0.25, 0.3) is 0 Å². The van der Waals surface area contributed by atoms with Gasteiger partial charge in [0.1, 0.15) is 0 Å². The van der Waals surface area contributed by atoms with Crippen LogP contribution in [0.25, 0.3) is 0 Å². The highest BCUT2D eigenvalue weighted by atomic mass is 79.9. The SMILES string of the molecule is Cc1ccc(CBr)[nH]1. The van der Waals surface area contributed by atoms with Crippen molar-refractivity contribution in [3.05, 3.63) is 23.5 Å². The van der Waals surface area contributed by atoms with Gasteiger partial charge in [-0.1, -0.05) is 15.9 Å². The highest BCUT2D eigenvalue weighted by molar-refractivity contribution is 9.08. The van der Waals surface area contributed by atoms with Crippen molar-refractivity contribution in [2.45, 2.75) is 12.3 Å². The molecule has 0 bridgehead atoms. The van der Waals surface area contributed by atoms with Gasteiger partial charge in [-0.15, -0.1) is 0 Å². The van der Waals surface area contributed by atoms with Crippen LogP contribution in [0.15, 0.2) is 12.1 Å². The average Bonchev–Trinajstić information content (AvgIpc) is 2.14. The van der Waals surface area contributed by atoms with E-state index in [1.54, 1.807) is 0 Å². The lowest BCUT2D eigenvalue weighted by atomic mass is 10.5. The quantitative estimate of drug-likeness (QED) is 0.628. The van der Waals surface area contributed by atoms with Crippen molar-refractivity contribution in [1.82, 2.24) is 4.98 Å². The first-order valence-corrected chi connectivity index (χ1v) is 3.65. The van der Waals surface area contributed by atoms with Crippen molar-refractivity contribution < 1.29 is 0 Å². The minimum Gasteiger partial charge on any atom is -0.362 e. The van der Waals surface area contributed by atoms with Gasteiger partial charge in [0.2, 0.25) is 0 Å². The van der Waals surface area contributed by atoms with Crippen molar-refractivity contribution in [3.8, 4) is 0 Å². The molecule has 1 N–H and O–H groups in total. The molecule has 1 rings (SSSR count). The third kappa shape index (κ3) is 1.13. The molecule has 1 heterocycles. The van der Waals surface area contributed by atoms with E-state index in [0.717, 1.165) is 5.33 Å². The van der Waals surface area contributed by atoms with E-state index < -0.39 is 0 Å². The molecule has 1 nitrogen and oxygen atoms in total. The number of hydrogen-bond acceptors (Lipinski definition) is 0. The molecule has 0 spiro atoms. The second-order valence-electron chi connectivity index (χ2n) is 1.80. The minimum atomic E-state index is 0.918. The molecule has 44 valence electrons. The van der Waals surface area contributed by atoms with Crippen molar-refractivity contribution in [2.75, 3.05) is 0 Å². The third-order valence-electron chi connectivity index (χ3n) is 1.04. The van der Waals surface area contributed by atoms with Crippen LogP contribution in [0.5, 0.6) is 0 Å². The van der Waals surface area contributed by atoms with Crippen LogP contribution in [0.1, 0.15) is 11.4 Å². The molecule has 1 aromatic heterocycles. The number of aromatic nitrogens is 1. The van der Waals surface area contributed by atoms with Crippen molar-refractivity contribution in [2.24, 2.45) is 0 Å². The summed E-state index contributed by atoms with van der Waals surface area (Å²) in [4.78, 5) is 3.18. The maximum atomic E-state index is 3.34. The number of H-pyrrole nitrogens is 1. The van der Waals surface area contributed by atoms with Gasteiger partial charge in [0.05, 0.1) is 0 Å². The molecule has 0 saturated heterocycles. The summed E-state index contributed by atoms with van der Waals surface area (Å²) < 4.78 is 0. The van der Waals surface area contributed by atoms with E-state index in [2.05, 4.69) is 33.0 Å². The van der Waals surface area contributed by atoms with Crippen molar-refractivity contribution >= 4 is 15.9 Å². The molecule has 8 heavy (non-hydrogen) atoms. The summed E-state index contributed by atoms with van der Waals surface area (Å²) in [6, 6.07) is 4.14. The summed E-state index contributed by atoms with van der Waals surface area (Å²) in [5.74, 6) is 0. The van der Waals surface area contributed by atoms with Gasteiger partial charge in [-0.2, -0.15) is 0 Å². The van der Waals surface area contributed by atoms with Crippen LogP contribution in [0.2, 0.25) is 0 Å². The van der Waals surface area contributed by atoms with E-state index >= 15 is 0 Å². The van der Waals surface area contributed by atoms with Crippen LogP contribution >= 0.6 is 15.9 Å². The smallest absolute Gasteiger partial charge is 0.0434 e. The fourth-order valence-electron chi connectivity index (χ4n) is 0.640. The molecule has 0 saturated carbocycles. The standard InChI is InChI=1S/C6H8BrN/c1-5-2-3-6(4-7)8-5/h2-3,8H,4H2,1H3. The monoisotopic (exact) mass is 173 g/mol. The lowest BCUT2D eigenvalue weighted by Crippen LogP contribution is -1.73. The number of nitrogens with one attached hydrogen (secondary N) is 1. The first kappa shape index (κ1) is 5.89. The fraction of sp³-hybridized carbons (Fsp3) is 0.333. The Hall–Kier alpha value is -0.240. The fourth-order valence-corrected chi connectivity index (χ4v) is 0.967. The van der Waals surface area contributed by atoms with Crippen molar-refractivity contribution in [1.29, 1.82) is 0 Å². The van der Waals surface area contributed by atoms with Crippen molar-refractivity contribution in [3.63, 3.8) is 0 Å². The number of aryl methyl sites for hydroxylation is 1. The first-order chi connectivity index (χ1) is 3.83. The molecule has 0 atom stereocenters. The largest absolute Gasteiger partial charge is 0.362 e. The van der Waals surface area contributed by atoms with Crippen LogP contribution in [0.4, 0.5) is 0 Å². The number of hydrogen-bond donors (Lipinski definition) is 1. The molecule has 0 fully saturated rings. The van der Waals surface area contributed by atoms with Gasteiger partial charge in [-0.3, -0.25) is 0 Å². The van der Waals surface area contributed by atoms with Gasteiger partial charge in [-0.25, -0.2) is 0 Å². The summed E-state index contributed by atoms with van der Waals surface area (Å²) in [7, 11) is 0. The zero-order valence-corrected chi connectivity index (χ0v) is 6.33. The molecule has 1 aromatic rings. The zero-order valence-electron chi connectivity index (χ0n) is 4.74. The molecule has 0 radical (unpaired) electrons. The molecule has 0 aliphatic rings. The van der Waals surface area contributed by atoms with Gasteiger partial charge < -0.3 is 4.98 Å². The van der Waals surface area contributed by atoms with E-state index in [9.17, 15) is 0 Å². The maximum Gasteiger partial charge on any atom is 0.0434 e. The molecule has 0 unspecified atom stereocenters. The Kier molecular flexibility index (Phi) is 1.73. The Balaban J connectivity index is 2.84. The molecule has 0 aromatic carbocycles. The Morgan fingerprint density at radius 2 is 2.38 bits per heavy atom. The number of halogens is 1. The highest BCUT2D eigenvalue weighted by Crippen LogP contribution is 2.03. The van der Waals surface area contributed by atoms with Gasteiger partial charge in [0.15, 0.2) is 0 Å². The van der Waals surface area contributed by atoms with Crippen LogP contribution < -0.4 is 0 Å². The highest BCUT2D eigenvalue weighted by Gasteiger charge is 1.88. The normalized spacial score (nSPS) is 9.75. The molecule has 2 heteroatoms. The third-order valence-corrected chi connectivity index (χ3v) is 1.64. The van der Waals surface area contributed by atoms with Crippen LogP contribution in [-0.4, -0.2) is 4.98 Å². The predicted molar refractivity (Wildman–Crippen MR) is 38.2 cm³/mol. The minimum absolute atomic E-state index is 0.918. The second kappa shape index (κ2) is 2.35. The Morgan fingerprint density at radius 1 is 1.62 bits per heavy atom. The molecule has 0 aliphatic heterocycles. The van der Waals surface area contributed by atoms with Crippen LogP contribution in [0, 0.1) is 6.92 Å². The maximum absolute atomic E-state index is 3.34. The van der Waals surface area contributed by atoms with Gasteiger partial charge >= 0.3 is 0 Å². The lowest BCUT2D eigenvalue weighted by molar-refractivity contribution is 1.18. The van der Waals surface area contributed by atoms with Gasteiger partial charge in [-0.05, 0) is 19.1 Å². The molecular formula is C6H8BrN. The Labute approximate surface area is 57.2 Å². The molecule has 0 aliphatic carbocycles. The topological polar surface area (TPSA) is 15.8 Å². The summed E-state index contributed by atoms with van der Waals surface area (Å²) in [5, 5.41) is 0.918. The van der Waals surface area contributed by atoms with Crippen LogP contribution in [-0.2, 0) is 5.33 Å². The Bertz CT molecular complexity index is 169.